The summed E-state index contributed by atoms with van der Waals surface area (Å²) in [5.41, 5.74) is 2.91. The van der Waals surface area contributed by atoms with E-state index >= 15 is 0 Å². The molecule has 32 heavy (non-hydrogen) atoms. The molecule has 7 heteroatoms. The number of aromatic nitrogens is 2. The van der Waals surface area contributed by atoms with E-state index in [0.29, 0.717) is 40.2 Å². The van der Waals surface area contributed by atoms with E-state index in [1.165, 1.54) is 6.33 Å². The molecule has 3 aromatic carbocycles. The van der Waals surface area contributed by atoms with E-state index in [9.17, 15) is 4.79 Å². The van der Waals surface area contributed by atoms with Gasteiger partial charge in [0.1, 0.15) is 6.33 Å². The first-order chi connectivity index (χ1) is 15.6. The van der Waals surface area contributed by atoms with Crippen LogP contribution >= 0.6 is 11.6 Å². The number of methoxy groups -OCH3 is 1. The molecule has 0 saturated heterocycles. The van der Waals surface area contributed by atoms with Gasteiger partial charge in [0.2, 0.25) is 5.88 Å². The van der Waals surface area contributed by atoms with Crippen molar-refractivity contribution in [1.29, 1.82) is 0 Å². The molecule has 0 aliphatic rings. The van der Waals surface area contributed by atoms with Crippen molar-refractivity contribution in [3.05, 3.63) is 101 Å². The van der Waals surface area contributed by atoms with Crippen molar-refractivity contribution in [2.45, 2.75) is 6.54 Å². The molecule has 1 amide bonds. The molecule has 4 aromatic rings. The van der Waals surface area contributed by atoms with Crippen molar-refractivity contribution in [3.63, 3.8) is 0 Å². The number of hydrogen-bond donors (Lipinski definition) is 1. The van der Waals surface area contributed by atoms with Crippen molar-refractivity contribution in [1.82, 2.24) is 15.3 Å². The van der Waals surface area contributed by atoms with Gasteiger partial charge in [0.25, 0.3) is 5.91 Å². The highest BCUT2D eigenvalue weighted by molar-refractivity contribution is 6.30. The van der Waals surface area contributed by atoms with E-state index in [-0.39, 0.29) is 5.91 Å². The van der Waals surface area contributed by atoms with Gasteiger partial charge < -0.3 is 14.8 Å². The molecular weight excluding hydrogens is 426 g/mol. The number of rotatable bonds is 7. The number of nitrogens with one attached hydrogen (secondary N) is 1. The molecule has 0 saturated carbocycles. The van der Waals surface area contributed by atoms with Gasteiger partial charge in [0.05, 0.1) is 12.8 Å². The summed E-state index contributed by atoms with van der Waals surface area (Å²) < 4.78 is 11.2. The second-order valence-electron chi connectivity index (χ2n) is 6.88. The van der Waals surface area contributed by atoms with E-state index in [2.05, 4.69) is 15.3 Å². The molecule has 0 fully saturated rings. The molecule has 1 heterocycles. The Bertz CT molecular complexity index is 1230. The third-order valence-corrected chi connectivity index (χ3v) is 4.96. The van der Waals surface area contributed by atoms with E-state index < -0.39 is 0 Å². The molecule has 4 rings (SSSR count). The Kier molecular flexibility index (Phi) is 6.63. The molecule has 0 radical (unpaired) electrons. The summed E-state index contributed by atoms with van der Waals surface area (Å²) in [7, 11) is 1.58. The van der Waals surface area contributed by atoms with Crippen LogP contribution in [0.25, 0.3) is 11.3 Å². The van der Waals surface area contributed by atoms with Gasteiger partial charge in [0, 0.05) is 28.8 Å². The maximum Gasteiger partial charge on any atom is 0.251 e. The minimum atomic E-state index is -0.179. The van der Waals surface area contributed by atoms with Gasteiger partial charge in [-0.05, 0) is 42.0 Å². The van der Waals surface area contributed by atoms with Crippen LogP contribution in [0.1, 0.15) is 15.9 Å². The molecule has 1 aromatic heterocycles. The Morgan fingerprint density at radius 2 is 1.72 bits per heavy atom. The smallest absolute Gasteiger partial charge is 0.251 e. The van der Waals surface area contributed by atoms with Crippen LogP contribution in [0.5, 0.6) is 17.4 Å². The van der Waals surface area contributed by atoms with Crippen LogP contribution in [-0.4, -0.2) is 23.0 Å². The van der Waals surface area contributed by atoms with Crippen LogP contribution in [-0.2, 0) is 6.54 Å². The lowest BCUT2D eigenvalue weighted by molar-refractivity contribution is 0.0951. The minimum absolute atomic E-state index is 0.179. The lowest BCUT2D eigenvalue weighted by Gasteiger charge is -2.10. The Balaban J connectivity index is 1.49. The molecule has 1 N–H and O–H groups in total. The first-order valence-corrected chi connectivity index (χ1v) is 10.3. The molecule has 0 aliphatic carbocycles. The van der Waals surface area contributed by atoms with Crippen LogP contribution in [0.2, 0.25) is 5.02 Å². The number of para-hydroxylation sites is 2. The molecule has 160 valence electrons. The van der Waals surface area contributed by atoms with E-state index in [0.717, 1.165) is 11.1 Å². The van der Waals surface area contributed by atoms with Crippen molar-refractivity contribution in [2.24, 2.45) is 0 Å². The Labute approximate surface area is 190 Å². The number of carbonyl (C=O) groups is 1. The largest absolute Gasteiger partial charge is 0.493 e. The van der Waals surface area contributed by atoms with Crippen LogP contribution in [0, 0.1) is 0 Å². The SMILES string of the molecule is COc1ccccc1Oc1cc(-c2cccc(C(=O)NCc3ccc(Cl)cc3)c2)ncn1. The maximum atomic E-state index is 12.6. The van der Waals surface area contributed by atoms with Gasteiger partial charge in [-0.15, -0.1) is 0 Å². The van der Waals surface area contributed by atoms with E-state index in [4.69, 9.17) is 21.1 Å². The summed E-state index contributed by atoms with van der Waals surface area (Å²) in [6, 6.07) is 23.6. The third-order valence-electron chi connectivity index (χ3n) is 4.71. The minimum Gasteiger partial charge on any atom is -0.493 e. The number of halogens is 1. The third kappa shape index (κ3) is 5.22. The van der Waals surface area contributed by atoms with Crippen molar-refractivity contribution in [3.8, 4) is 28.6 Å². The summed E-state index contributed by atoms with van der Waals surface area (Å²) in [6.07, 6.45) is 1.42. The molecule has 0 aliphatic heterocycles. The normalized spacial score (nSPS) is 10.4. The van der Waals surface area contributed by atoms with Gasteiger partial charge in [-0.1, -0.05) is 48.0 Å². The molecule has 0 bridgehead atoms. The van der Waals surface area contributed by atoms with Crippen LogP contribution in [0.4, 0.5) is 0 Å². The predicted molar refractivity (Wildman–Crippen MR) is 123 cm³/mol. The summed E-state index contributed by atoms with van der Waals surface area (Å²) in [6.45, 7) is 0.407. The zero-order valence-corrected chi connectivity index (χ0v) is 18.0. The van der Waals surface area contributed by atoms with Crippen LogP contribution in [0.3, 0.4) is 0 Å². The number of ether oxygens (including phenoxy) is 2. The average Bonchev–Trinajstić information content (AvgIpc) is 2.84. The lowest BCUT2D eigenvalue weighted by Crippen LogP contribution is -2.22. The van der Waals surface area contributed by atoms with Gasteiger partial charge in [-0.2, -0.15) is 0 Å². The van der Waals surface area contributed by atoms with E-state index in [1.807, 2.05) is 42.5 Å². The second kappa shape index (κ2) is 9.94. The van der Waals surface area contributed by atoms with Crippen molar-refractivity contribution < 1.29 is 14.3 Å². The second-order valence-corrected chi connectivity index (χ2v) is 7.32. The zero-order chi connectivity index (χ0) is 22.3. The summed E-state index contributed by atoms with van der Waals surface area (Å²) in [4.78, 5) is 21.2. The quantitative estimate of drug-likeness (QED) is 0.405. The highest BCUT2D eigenvalue weighted by atomic mass is 35.5. The Morgan fingerprint density at radius 3 is 2.50 bits per heavy atom. The number of carbonyl (C=O) groups excluding carboxylic acids is 1. The number of amides is 1. The molecule has 0 unspecified atom stereocenters. The predicted octanol–water partition coefficient (Wildman–Crippen LogP) is 5.53. The Hall–Kier alpha value is -3.90. The number of nitrogens with zero attached hydrogens (tertiary/aromatic N) is 2. The molecule has 0 spiro atoms. The fraction of sp³-hybridized carbons (Fsp3) is 0.0800. The summed E-state index contributed by atoms with van der Waals surface area (Å²) in [5.74, 6) is 1.35. The van der Waals surface area contributed by atoms with Gasteiger partial charge in [0.15, 0.2) is 11.5 Å². The van der Waals surface area contributed by atoms with Crippen LogP contribution < -0.4 is 14.8 Å². The fourth-order valence-corrected chi connectivity index (χ4v) is 3.20. The maximum absolute atomic E-state index is 12.6. The monoisotopic (exact) mass is 445 g/mol. The van der Waals surface area contributed by atoms with Crippen LogP contribution in [0.15, 0.2) is 85.2 Å². The summed E-state index contributed by atoms with van der Waals surface area (Å²) >= 11 is 5.90. The van der Waals surface area contributed by atoms with Crippen molar-refractivity contribution in [2.75, 3.05) is 7.11 Å². The molecule has 0 atom stereocenters. The highest BCUT2D eigenvalue weighted by Crippen LogP contribution is 2.31. The van der Waals surface area contributed by atoms with Gasteiger partial charge in [-0.25, -0.2) is 9.97 Å². The van der Waals surface area contributed by atoms with E-state index in [1.54, 1.807) is 43.5 Å². The first kappa shape index (κ1) is 21.3. The highest BCUT2D eigenvalue weighted by Gasteiger charge is 2.10. The number of benzene rings is 3. The average molecular weight is 446 g/mol. The van der Waals surface area contributed by atoms with Gasteiger partial charge in [-0.3, -0.25) is 4.79 Å². The lowest BCUT2D eigenvalue weighted by atomic mass is 10.1. The fourth-order valence-electron chi connectivity index (χ4n) is 3.08. The summed E-state index contributed by atoms with van der Waals surface area (Å²) in [5, 5.41) is 3.58. The topological polar surface area (TPSA) is 73.3 Å². The number of hydrogen-bond acceptors (Lipinski definition) is 5. The standard InChI is InChI=1S/C25H20ClN3O3/c1-31-22-7-2-3-8-23(22)32-24-14-21(28-16-29-24)18-5-4-6-19(13-18)25(30)27-15-17-9-11-20(26)12-10-17/h2-14,16H,15H2,1H3,(H,27,30). The van der Waals surface area contributed by atoms with Crippen molar-refractivity contribution >= 4 is 17.5 Å². The Morgan fingerprint density at radius 1 is 0.938 bits per heavy atom. The van der Waals surface area contributed by atoms with Gasteiger partial charge >= 0.3 is 0 Å². The molecule has 6 nitrogen and oxygen atoms in total. The first-order valence-electron chi connectivity index (χ1n) is 9.88. The zero-order valence-electron chi connectivity index (χ0n) is 17.3. The molecular formula is C25H20ClN3O3.